The molecule has 0 bridgehead atoms. The van der Waals surface area contributed by atoms with Gasteiger partial charge in [0.1, 0.15) is 17.1 Å². The Hall–Kier alpha value is -3.85. The zero-order chi connectivity index (χ0) is 26.1. The number of quaternary nitrogens is 1. The number of aryl methyl sites for hydroxylation is 2. The van der Waals surface area contributed by atoms with Gasteiger partial charge in [0.15, 0.2) is 0 Å². The normalized spacial score (nSPS) is 17.4. The van der Waals surface area contributed by atoms with Gasteiger partial charge in [-0.05, 0) is 43.7 Å². The summed E-state index contributed by atoms with van der Waals surface area (Å²) in [5, 5.41) is 14.1. The lowest BCUT2D eigenvalue weighted by atomic mass is 9.95. The van der Waals surface area contributed by atoms with E-state index in [-0.39, 0.29) is 11.3 Å². The number of nitrogens with one attached hydrogen (secondary N) is 1. The molecule has 1 aliphatic heterocycles. The molecule has 2 aromatic heterocycles. The smallest absolute Gasteiger partial charge is 0.295 e. The van der Waals surface area contributed by atoms with Crippen molar-refractivity contribution in [2.24, 2.45) is 0 Å². The number of ketones is 1. The summed E-state index contributed by atoms with van der Waals surface area (Å²) in [4.78, 5) is 34.0. The van der Waals surface area contributed by atoms with Gasteiger partial charge in [0, 0.05) is 30.3 Å². The molecule has 0 saturated carbocycles. The van der Waals surface area contributed by atoms with E-state index in [0.29, 0.717) is 41.4 Å². The number of benzene rings is 1. The minimum absolute atomic E-state index is 0.102. The Labute approximate surface area is 210 Å². The summed E-state index contributed by atoms with van der Waals surface area (Å²) in [6, 6.07) is 8.00. The predicted molar refractivity (Wildman–Crippen MR) is 133 cm³/mol. The summed E-state index contributed by atoms with van der Waals surface area (Å²) in [5.41, 5.74) is 2.73. The molecular weight excluding hydrogens is 460 g/mol. The minimum atomic E-state index is -0.908. The van der Waals surface area contributed by atoms with Crippen LogP contribution in [0, 0.1) is 13.8 Å². The Kier molecular flexibility index (Phi) is 7.03. The van der Waals surface area contributed by atoms with E-state index < -0.39 is 23.5 Å². The van der Waals surface area contributed by atoms with Crippen molar-refractivity contribution in [2.75, 3.05) is 41.4 Å². The molecule has 3 heterocycles. The zero-order valence-corrected chi connectivity index (χ0v) is 21.5. The van der Waals surface area contributed by atoms with Crippen LogP contribution < -0.4 is 19.5 Å². The second-order valence-corrected chi connectivity index (χ2v) is 9.32. The van der Waals surface area contributed by atoms with E-state index in [0.717, 1.165) is 12.1 Å². The predicted octanol–water partition coefficient (Wildman–Crippen LogP) is 0.727. The molecule has 9 nitrogen and oxygen atoms in total. The van der Waals surface area contributed by atoms with Gasteiger partial charge in [-0.1, -0.05) is 11.8 Å². The van der Waals surface area contributed by atoms with Gasteiger partial charge < -0.3 is 28.8 Å². The number of nitrogens with zero attached hydrogens (tertiary/aromatic N) is 3. The number of carbonyl (C=O) groups is 2. The SMILES string of the molecule is COc1ccc(OC)c(C2C(=C([O-])c3c(C)nc4c(C)cccn34)C(=O)C(=O)N2CCC[NH+](C)C)c1. The number of pyridine rings is 1. The largest absolute Gasteiger partial charge is 0.871 e. The van der Waals surface area contributed by atoms with Crippen molar-refractivity contribution in [1.82, 2.24) is 14.3 Å². The number of methoxy groups -OCH3 is 2. The van der Waals surface area contributed by atoms with Gasteiger partial charge in [-0.2, -0.15) is 0 Å². The van der Waals surface area contributed by atoms with Crippen LogP contribution in [0.1, 0.15) is 35.0 Å². The van der Waals surface area contributed by atoms with Crippen LogP contribution in [0.3, 0.4) is 0 Å². The lowest BCUT2D eigenvalue weighted by Crippen LogP contribution is -3.05. The molecule has 1 saturated heterocycles. The van der Waals surface area contributed by atoms with Gasteiger partial charge in [-0.3, -0.25) is 9.59 Å². The van der Waals surface area contributed by atoms with Crippen molar-refractivity contribution in [3.05, 3.63) is 64.6 Å². The Morgan fingerprint density at radius 1 is 1.14 bits per heavy atom. The molecule has 190 valence electrons. The Balaban J connectivity index is 1.96. The highest BCUT2D eigenvalue weighted by Gasteiger charge is 2.45. The van der Waals surface area contributed by atoms with Crippen molar-refractivity contribution < 1.29 is 29.1 Å². The number of rotatable bonds is 8. The number of imidazole rings is 1. The molecule has 9 heteroatoms. The summed E-state index contributed by atoms with van der Waals surface area (Å²) in [6.07, 6.45) is 2.41. The number of hydrogen-bond donors (Lipinski definition) is 1. The quantitative estimate of drug-likeness (QED) is 0.283. The van der Waals surface area contributed by atoms with E-state index in [2.05, 4.69) is 4.98 Å². The number of hydrogen-bond acceptors (Lipinski definition) is 6. The highest BCUT2D eigenvalue weighted by Crippen LogP contribution is 2.43. The molecule has 1 unspecified atom stereocenters. The third-order valence-corrected chi connectivity index (χ3v) is 6.57. The van der Waals surface area contributed by atoms with Crippen LogP contribution in [-0.2, 0) is 9.59 Å². The van der Waals surface area contributed by atoms with Crippen molar-refractivity contribution >= 4 is 23.1 Å². The van der Waals surface area contributed by atoms with Crippen LogP contribution >= 0.6 is 0 Å². The van der Waals surface area contributed by atoms with Gasteiger partial charge in [-0.15, -0.1) is 0 Å². The molecule has 0 aliphatic carbocycles. The molecule has 4 rings (SSSR count). The standard InChI is InChI=1S/C27H32N4O5/c1-16-9-7-13-30-22(17(2)28-26(16)30)24(32)21-23(19-15-18(35-5)10-11-20(19)36-6)31(27(34)25(21)33)14-8-12-29(3)4/h7,9-11,13,15,23,32H,8,12,14H2,1-6H3. The number of ether oxygens (including phenoxy) is 2. The Morgan fingerprint density at radius 3 is 2.56 bits per heavy atom. The first kappa shape index (κ1) is 25.2. The number of aromatic nitrogens is 2. The maximum atomic E-state index is 14.1. The molecule has 1 amide bonds. The van der Waals surface area contributed by atoms with E-state index in [1.54, 1.807) is 35.7 Å². The van der Waals surface area contributed by atoms with Crippen molar-refractivity contribution in [1.29, 1.82) is 0 Å². The molecule has 1 aromatic carbocycles. The van der Waals surface area contributed by atoms with E-state index in [1.165, 1.54) is 24.0 Å². The molecule has 0 radical (unpaired) electrons. The van der Waals surface area contributed by atoms with E-state index in [9.17, 15) is 14.7 Å². The van der Waals surface area contributed by atoms with Crippen LogP contribution in [0.15, 0.2) is 42.1 Å². The van der Waals surface area contributed by atoms with Gasteiger partial charge >= 0.3 is 0 Å². The first-order chi connectivity index (χ1) is 17.2. The highest BCUT2D eigenvalue weighted by atomic mass is 16.5. The van der Waals surface area contributed by atoms with Crippen LogP contribution in [-0.4, -0.2) is 67.4 Å². The van der Waals surface area contributed by atoms with Crippen LogP contribution in [0.4, 0.5) is 0 Å². The number of amides is 1. The summed E-state index contributed by atoms with van der Waals surface area (Å²) < 4.78 is 12.7. The zero-order valence-electron chi connectivity index (χ0n) is 21.5. The number of fused-ring (bicyclic) bond motifs is 1. The first-order valence-corrected chi connectivity index (χ1v) is 11.9. The average Bonchev–Trinajstić information content (AvgIpc) is 3.32. The fraction of sp³-hybridized carbons (Fsp3) is 0.370. The number of likely N-dealkylation sites (tertiary alicyclic amines) is 1. The van der Waals surface area contributed by atoms with Gasteiger partial charge in [0.25, 0.3) is 5.91 Å². The fourth-order valence-electron chi connectivity index (χ4n) is 4.80. The molecule has 36 heavy (non-hydrogen) atoms. The first-order valence-electron chi connectivity index (χ1n) is 11.9. The third-order valence-electron chi connectivity index (χ3n) is 6.57. The summed E-state index contributed by atoms with van der Waals surface area (Å²) in [5.74, 6) is -1.01. The fourth-order valence-corrected chi connectivity index (χ4v) is 4.80. The van der Waals surface area contributed by atoms with E-state index in [4.69, 9.17) is 9.47 Å². The third kappa shape index (κ3) is 4.30. The summed E-state index contributed by atoms with van der Waals surface area (Å²) in [6.45, 7) is 4.77. The second kappa shape index (κ2) is 10.0. The Morgan fingerprint density at radius 2 is 1.89 bits per heavy atom. The van der Waals surface area contributed by atoms with Crippen LogP contribution in [0.25, 0.3) is 11.4 Å². The topological polar surface area (TPSA) is 101 Å². The lowest BCUT2D eigenvalue weighted by molar-refractivity contribution is -0.858. The van der Waals surface area contributed by atoms with Gasteiger partial charge in [0.05, 0.1) is 52.3 Å². The maximum absolute atomic E-state index is 14.1. The summed E-state index contributed by atoms with van der Waals surface area (Å²) in [7, 11) is 7.10. The van der Waals surface area contributed by atoms with E-state index >= 15 is 0 Å². The minimum Gasteiger partial charge on any atom is -0.871 e. The van der Waals surface area contributed by atoms with Crippen molar-refractivity contribution in [3.63, 3.8) is 0 Å². The molecule has 1 aliphatic rings. The highest BCUT2D eigenvalue weighted by molar-refractivity contribution is 6.46. The monoisotopic (exact) mass is 492 g/mol. The molecule has 1 atom stereocenters. The van der Waals surface area contributed by atoms with E-state index in [1.807, 2.05) is 33.2 Å². The molecular formula is C27H32N4O5. The van der Waals surface area contributed by atoms with Crippen LogP contribution in [0.2, 0.25) is 0 Å². The van der Waals surface area contributed by atoms with Gasteiger partial charge in [0.2, 0.25) is 5.78 Å². The lowest BCUT2D eigenvalue weighted by Gasteiger charge is -2.29. The Bertz CT molecular complexity index is 1360. The average molecular weight is 493 g/mol. The molecule has 1 N–H and O–H groups in total. The second-order valence-electron chi connectivity index (χ2n) is 9.32. The number of carbonyl (C=O) groups excluding carboxylic acids is 2. The summed E-state index contributed by atoms with van der Waals surface area (Å²) >= 11 is 0. The maximum Gasteiger partial charge on any atom is 0.295 e. The molecule has 0 spiro atoms. The van der Waals surface area contributed by atoms with Crippen LogP contribution in [0.5, 0.6) is 11.5 Å². The molecule has 1 fully saturated rings. The number of Topliss-reactive ketones (excluding diaryl/α,β-unsaturated/α-hetero) is 1. The van der Waals surface area contributed by atoms with Gasteiger partial charge in [-0.25, -0.2) is 4.98 Å². The molecule has 3 aromatic rings. The van der Waals surface area contributed by atoms with Crippen molar-refractivity contribution in [3.8, 4) is 11.5 Å². The van der Waals surface area contributed by atoms with Crippen molar-refractivity contribution in [2.45, 2.75) is 26.3 Å².